The smallest absolute Gasteiger partial charge is 0.252 e. The molecule has 2 unspecified atom stereocenters. The second-order valence-electron chi connectivity index (χ2n) is 6.02. The van der Waals surface area contributed by atoms with Crippen molar-refractivity contribution in [2.24, 2.45) is 0 Å². The number of amides is 1. The molecule has 7 heteroatoms. The lowest BCUT2D eigenvalue weighted by atomic mass is 10.00. The first-order valence-corrected chi connectivity index (χ1v) is 8.24. The van der Waals surface area contributed by atoms with Gasteiger partial charge in [-0.05, 0) is 19.2 Å². The molecule has 6 nitrogen and oxygen atoms in total. The number of carbonyl (C=O) groups is 1. The van der Waals surface area contributed by atoms with Gasteiger partial charge in [-0.2, -0.15) is 0 Å². The van der Waals surface area contributed by atoms with E-state index in [2.05, 4.69) is 22.2 Å². The van der Waals surface area contributed by atoms with E-state index in [1.54, 1.807) is 12.1 Å². The number of piperazine rings is 1. The van der Waals surface area contributed by atoms with Crippen LogP contribution < -0.4 is 10.2 Å². The Morgan fingerprint density at radius 3 is 2.78 bits per heavy atom. The highest BCUT2D eigenvalue weighted by Gasteiger charge is 2.33. The monoisotopic (exact) mass is 339 g/mol. The Bertz CT molecular complexity index is 576. The van der Waals surface area contributed by atoms with Crippen molar-refractivity contribution in [1.82, 2.24) is 10.2 Å². The van der Waals surface area contributed by atoms with Crippen LogP contribution in [-0.2, 0) is 9.53 Å². The van der Waals surface area contributed by atoms with Crippen LogP contribution in [0, 0.1) is 0 Å². The van der Waals surface area contributed by atoms with Crippen LogP contribution >= 0.6 is 11.6 Å². The number of morpholine rings is 1. The molecular weight excluding hydrogens is 318 g/mol. The van der Waals surface area contributed by atoms with Gasteiger partial charge in [0.15, 0.2) is 6.10 Å². The molecule has 0 saturated carbocycles. The summed E-state index contributed by atoms with van der Waals surface area (Å²) in [5, 5.41) is 14.0. The summed E-state index contributed by atoms with van der Waals surface area (Å²) in [5.74, 6) is -0.275. The molecule has 0 bridgehead atoms. The molecule has 2 aliphatic rings. The van der Waals surface area contributed by atoms with Gasteiger partial charge in [0, 0.05) is 49.0 Å². The predicted molar refractivity (Wildman–Crippen MR) is 88.9 cm³/mol. The largest absolute Gasteiger partial charge is 0.385 e. The van der Waals surface area contributed by atoms with Crippen molar-refractivity contribution in [2.45, 2.75) is 12.2 Å². The summed E-state index contributed by atoms with van der Waals surface area (Å²) >= 11 is 6.15. The minimum absolute atomic E-state index is 0.275. The summed E-state index contributed by atoms with van der Waals surface area (Å²) < 4.78 is 5.47. The SMILES string of the molecule is CN1CCN(c2cc(Cl)ccc2C(O)C2OCCNC2=O)CC1. The second-order valence-corrected chi connectivity index (χ2v) is 6.46. The van der Waals surface area contributed by atoms with Gasteiger partial charge in [0.2, 0.25) is 0 Å². The zero-order valence-electron chi connectivity index (χ0n) is 13.2. The number of aliphatic hydroxyl groups is 1. The molecule has 1 aromatic rings. The van der Waals surface area contributed by atoms with Crippen LogP contribution in [0.4, 0.5) is 5.69 Å². The topological polar surface area (TPSA) is 65.0 Å². The average molecular weight is 340 g/mol. The molecule has 1 amide bonds. The fourth-order valence-electron chi connectivity index (χ4n) is 3.02. The first kappa shape index (κ1) is 16.5. The Morgan fingerprint density at radius 2 is 2.09 bits per heavy atom. The molecule has 2 aliphatic heterocycles. The number of likely N-dealkylation sites (N-methyl/N-ethyl adjacent to an activating group) is 1. The van der Waals surface area contributed by atoms with Gasteiger partial charge in [-0.3, -0.25) is 4.79 Å². The number of halogens is 1. The van der Waals surface area contributed by atoms with E-state index < -0.39 is 12.2 Å². The predicted octanol–water partition coefficient (Wildman–Crippen LogP) is 0.640. The number of rotatable bonds is 3. The van der Waals surface area contributed by atoms with Crippen LogP contribution in [0.2, 0.25) is 5.02 Å². The van der Waals surface area contributed by atoms with Gasteiger partial charge in [0.25, 0.3) is 5.91 Å². The number of hydrogen-bond donors (Lipinski definition) is 2. The van der Waals surface area contributed by atoms with Crippen LogP contribution in [0.1, 0.15) is 11.7 Å². The summed E-state index contributed by atoms with van der Waals surface area (Å²) in [5.41, 5.74) is 1.56. The van der Waals surface area contributed by atoms with E-state index in [4.69, 9.17) is 16.3 Å². The third-order valence-corrected chi connectivity index (χ3v) is 4.63. The lowest BCUT2D eigenvalue weighted by Gasteiger charge is -2.36. The first-order chi connectivity index (χ1) is 11.1. The summed E-state index contributed by atoms with van der Waals surface area (Å²) in [6.45, 7) is 4.49. The van der Waals surface area contributed by atoms with Crippen molar-refractivity contribution < 1.29 is 14.6 Å². The third kappa shape index (κ3) is 3.61. The van der Waals surface area contributed by atoms with Crippen molar-refractivity contribution in [2.75, 3.05) is 51.3 Å². The van der Waals surface area contributed by atoms with Crippen molar-refractivity contribution in [3.05, 3.63) is 28.8 Å². The van der Waals surface area contributed by atoms with Gasteiger partial charge in [0.05, 0.1) is 6.61 Å². The summed E-state index contributed by atoms with van der Waals surface area (Å²) in [6, 6.07) is 5.37. The molecule has 0 radical (unpaired) electrons. The van der Waals surface area contributed by atoms with Crippen LogP contribution in [0.15, 0.2) is 18.2 Å². The average Bonchev–Trinajstić information content (AvgIpc) is 2.55. The molecule has 2 atom stereocenters. The van der Waals surface area contributed by atoms with E-state index in [0.717, 1.165) is 31.9 Å². The quantitative estimate of drug-likeness (QED) is 0.846. The summed E-state index contributed by atoms with van der Waals surface area (Å²) in [7, 11) is 2.09. The Hall–Kier alpha value is -1.34. The zero-order chi connectivity index (χ0) is 16.4. The Kier molecular flexibility index (Phi) is 5.06. The van der Waals surface area contributed by atoms with Gasteiger partial charge in [0.1, 0.15) is 6.10 Å². The van der Waals surface area contributed by atoms with E-state index in [-0.39, 0.29) is 5.91 Å². The van der Waals surface area contributed by atoms with E-state index in [1.165, 1.54) is 0 Å². The molecule has 2 N–H and O–H groups in total. The van der Waals surface area contributed by atoms with E-state index >= 15 is 0 Å². The number of anilines is 1. The highest BCUT2D eigenvalue weighted by molar-refractivity contribution is 6.30. The Morgan fingerprint density at radius 1 is 1.35 bits per heavy atom. The lowest BCUT2D eigenvalue weighted by Crippen LogP contribution is -2.48. The normalized spacial score (nSPS) is 24.4. The number of benzene rings is 1. The minimum atomic E-state index is -1.01. The van der Waals surface area contributed by atoms with Gasteiger partial charge in [-0.15, -0.1) is 0 Å². The Balaban J connectivity index is 1.87. The molecule has 23 heavy (non-hydrogen) atoms. The van der Waals surface area contributed by atoms with E-state index in [9.17, 15) is 9.90 Å². The van der Waals surface area contributed by atoms with Gasteiger partial charge in [-0.1, -0.05) is 17.7 Å². The van der Waals surface area contributed by atoms with Crippen molar-refractivity contribution >= 4 is 23.2 Å². The fraction of sp³-hybridized carbons (Fsp3) is 0.562. The van der Waals surface area contributed by atoms with E-state index in [1.807, 2.05) is 6.07 Å². The fourth-order valence-corrected chi connectivity index (χ4v) is 3.19. The molecule has 126 valence electrons. The van der Waals surface area contributed by atoms with Crippen LogP contribution in [-0.4, -0.2) is 68.4 Å². The van der Waals surface area contributed by atoms with Crippen LogP contribution in [0.5, 0.6) is 0 Å². The van der Waals surface area contributed by atoms with Gasteiger partial charge < -0.3 is 25.0 Å². The first-order valence-electron chi connectivity index (χ1n) is 7.86. The van der Waals surface area contributed by atoms with Crippen LogP contribution in [0.3, 0.4) is 0 Å². The minimum Gasteiger partial charge on any atom is -0.385 e. The highest BCUT2D eigenvalue weighted by Crippen LogP contribution is 2.33. The molecule has 2 saturated heterocycles. The van der Waals surface area contributed by atoms with E-state index in [0.29, 0.717) is 23.7 Å². The molecule has 0 aliphatic carbocycles. The highest BCUT2D eigenvalue weighted by atomic mass is 35.5. The Labute approximate surface area is 141 Å². The number of aliphatic hydroxyl groups excluding tert-OH is 1. The molecule has 2 fully saturated rings. The van der Waals surface area contributed by atoms with Gasteiger partial charge in [-0.25, -0.2) is 0 Å². The summed E-state index contributed by atoms with van der Waals surface area (Å²) in [4.78, 5) is 16.4. The molecule has 0 spiro atoms. The molecule has 3 rings (SSSR count). The number of nitrogens with one attached hydrogen (secondary N) is 1. The zero-order valence-corrected chi connectivity index (χ0v) is 13.9. The van der Waals surface area contributed by atoms with Crippen molar-refractivity contribution in [3.63, 3.8) is 0 Å². The molecule has 2 heterocycles. The maximum Gasteiger partial charge on any atom is 0.252 e. The third-order valence-electron chi connectivity index (χ3n) is 4.40. The number of carbonyl (C=O) groups excluding carboxylic acids is 1. The molecular formula is C16H22ClN3O3. The number of ether oxygens (including phenoxy) is 1. The molecule has 1 aromatic carbocycles. The standard InChI is InChI=1S/C16H22ClN3O3/c1-19-5-7-20(8-6-19)13-10-11(17)2-3-12(13)14(21)15-16(22)18-4-9-23-15/h2-3,10,14-15,21H,4-9H2,1H3,(H,18,22). The maximum atomic E-state index is 12.0. The lowest BCUT2D eigenvalue weighted by molar-refractivity contribution is -0.147. The van der Waals surface area contributed by atoms with Crippen LogP contribution in [0.25, 0.3) is 0 Å². The van der Waals surface area contributed by atoms with Gasteiger partial charge >= 0.3 is 0 Å². The maximum absolute atomic E-state index is 12.0. The number of hydrogen-bond acceptors (Lipinski definition) is 5. The molecule has 0 aromatic heterocycles. The van der Waals surface area contributed by atoms with Crippen molar-refractivity contribution in [3.8, 4) is 0 Å². The van der Waals surface area contributed by atoms with Crippen molar-refractivity contribution in [1.29, 1.82) is 0 Å². The number of nitrogens with zero attached hydrogens (tertiary/aromatic N) is 2. The summed E-state index contributed by atoms with van der Waals surface area (Å²) in [6.07, 6.45) is -1.89. The second kappa shape index (κ2) is 7.05.